The molecule has 0 N–H and O–H groups in total. The first-order valence-corrected chi connectivity index (χ1v) is 18.9. The van der Waals surface area contributed by atoms with Crippen molar-refractivity contribution in [2.24, 2.45) is 0 Å². The lowest BCUT2D eigenvalue weighted by Gasteiger charge is -2.11. The molecular formula is C52H30N2O2. The molecule has 260 valence electrons. The van der Waals surface area contributed by atoms with Gasteiger partial charge in [-0.25, -0.2) is 4.98 Å². The fourth-order valence-electron chi connectivity index (χ4n) is 8.67. The van der Waals surface area contributed by atoms with Crippen LogP contribution < -0.4 is 0 Å². The second kappa shape index (κ2) is 12.0. The average molecular weight is 715 g/mol. The first-order valence-electron chi connectivity index (χ1n) is 18.9. The Kier molecular flexibility index (Phi) is 6.60. The number of nitrogens with zero attached hydrogens (tertiary/aromatic N) is 2. The number of hydrogen-bond acceptors (Lipinski definition) is 4. The molecule has 0 fully saturated rings. The van der Waals surface area contributed by atoms with Gasteiger partial charge in [-0.15, -0.1) is 0 Å². The largest absolute Gasteiger partial charge is 0.456 e. The number of hydrogen-bond donors (Lipinski definition) is 0. The maximum atomic E-state index is 6.59. The Morgan fingerprint density at radius 3 is 1.59 bits per heavy atom. The van der Waals surface area contributed by atoms with Crippen molar-refractivity contribution in [1.82, 2.24) is 9.97 Å². The van der Waals surface area contributed by atoms with E-state index in [0.717, 1.165) is 110 Å². The third-order valence-corrected chi connectivity index (χ3v) is 11.3. The van der Waals surface area contributed by atoms with Crippen molar-refractivity contribution in [1.29, 1.82) is 0 Å². The molecule has 0 atom stereocenters. The van der Waals surface area contributed by atoms with E-state index in [2.05, 4.69) is 152 Å². The third-order valence-electron chi connectivity index (χ3n) is 11.3. The minimum absolute atomic E-state index is 0.852. The van der Waals surface area contributed by atoms with Crippen LogP contribution in [0.2, 0.25) is 0 Å². The predicted molar refractivity (Wildman–Crippen MR) is 231 cm³/mol. The minimum atomic E-state index is 0.852. The monoisotopic (exact) mass is 714 g/mol. The predicted octanol–water partition coefficient (Wildman–Crippen LogP) is 14.4. The van der Waals surface area contributed by atoms with Gasteiger partial charge in [-0.1, -0.05) is 146 Å². The van der Waals surface area contributed by atoms with Gasteiger partial charge in [0.1, 0.15) is 22.3 Å². The molecule has 0 saturated heterocycles. The molecule has 3 heterocycles. The van der Waals surface area contributed by atoms with E-state index in [1.165, 1.54) is 10.8 Å². The molecule has 0 aliphatic heterocycles. The van der Waals surface area contributed by atoms with E-state index in [0.29, 0.717) is 0 Å². The van der Waals surface area contributed by atoms with E-state index in [-0.39, 0.29) is 0 Å². The molecule has 0 aliphatic carbocycles. The zero-order valence-corrected chi connectivity index (χ0v) is 30.0. The Bertz CT molecular complexity index is 3500. The van der Waals surface area contributed by atoms with Crippen LogP contribution in [0, 0.1) is 0 Å². The molecule has 4 nitrogen and oxygen atoms in total. The average Bonchev–Trinajstić information content (AvgIpc) is 3.84. The maximum Gasteiger partial charge on any atom is 0.144 e. The van der Waals surface area contributed by atoms with Crippen LogP contribution in [-0.4, -0.2) is 9.97 Å². The molecule has 4 heteroatoms. The van der Waals surface area contributed by atoms with Gasteiger partial charge in [0.25, 0.3) is 0 Å². The van der Waals surface area contributed by atoms with Crippen LogP contribution in [-0.2, 0) is 0 Å². The molecule has 0 radical (unpaired) electrons. The quantitative estimate of drug-likeness (QED) is 0.170. The standard InChI is InChI=1S/C52H30N2O2/c1-3-18-40-37(15-1)38-16-2-4-19-41(38)51-50(40)53-30-44(54-51)36-14-10-13-35(28-36)34-12-9-11-33(27-34)31-23-25-32(26-24-31)48-49-42-20-6-8-22-46(42)55-47(49)29-43-39-17-5-7-21-45(39)56-52(43)48/h1-30H. The van der Waals surface area contributed by atoms with Gasteiger partial charge in [-0.3, -0.25) is 4.98 Å². The minimum Gasteiger partial charge on any atom is -0.456 e. The van der Waals surface area contributed by atoms with Crippen LogP contribution in [0.5, 0.6) is 0 Å². The summed E-state index contributed by atoms with van der Waals surface area (Å²) in [7, 11) is 0. The van der Waals surface area contributed by atoms with Gasteiger partial charge in [-0.05, 0) is 68.9 Å². The van der Waals surface area contributed by atoms with E-state index >= 15 is 0 Å². The summed E-state index contributed by atoms with van der Waals surface area (Å²) in [4.78, 5) is 10.2. The van der Waals surface area contributed by atoms with Crippen molar-refractivity contribution in [2.75, 3.05) is 0 Å². The Morgan fingerprint density at radius 2 is 0.875 bits per heavy atom. The van der Waals surface area contributed by atoms with Gasteiger partial charge in [0, 0.05) is 43.4 Å². The number of furan rings is 2. The smallest absolute Gasteiger partial charge is 0.144 e. The lowest BCUT2D eigenvalue weighted by molar-refractivity contribution is 0.664. The summed E-state index contributed by atoms with van der Waals surface area (Å²) >= 11 is 0. The Morgan fingerprint density at radius 1 is 0.339 bits per heavy atom. The Hall–Kier alpha value is -7.56. The van der Waals surface area contributed by atoms with Crippen molar-refractivity contribution in [3.63, 3.8) is 0 Å². The van der Waals surface area contributed by atoms with Gasteiger partial charge < -0.3 is 8.83 Å². The van der Waals surface area contributed by atoms with Gasteiger partial charge in [0.15, 0.2) is 0 Å². The highest BCUT2D eigenvalue weighted by Gasteiger charge is 2.21. The maximum absolute atomic E-state index is 6.59. The normalized spacial score (nSPS) is 11.9. The first-order chi connectivity index (χ1) is 27.7. The topological polar surface area (TPSA) is 52.1 Å². The van der Waals surface area contributed by atoms with Crippen LogP contribution in [0.1, 0.15) is 0 Å². The fraction of sp³-hybridized carbons (Fsp3) is 0. The molecule has 0 bridgehead atoms. The van der Waals surface area contributed by atoms with Crippen LogP contribution in [0.3, 0.4) is 0 Å². The van der Waals surface area contributed by atoms with E-state index in [1.807, 2.05) is 30.5 Å². The lowest BCUT2D eigenvalue weighted by Crippen LogP contribution is -1.92. The van der Waals surface area contributed by atoms with Crippen molar-refractivity contribution in [3.8, 4) is 44.6 Å². The van der Waals surface area contributed by atoms with Crippen LogP contribution in [0.4, 0.5) is 0 Å². The summed E-state index contributed by atoms with van der Waals surface area (Å²) in [6.45, 7) is 0. The summed E-state index contributed by atoms with van der Waals surface area (Å²) in [5, 5.41) is 8.90. The molecule has 0 spiro atoms. The van der Waals surface area contributed by atoms with Gasteiger partial charge >= 0.3 is 0 Å². The molecule has 12 aromatic rings. The van der Waals surface area contributed by atoms with Gasteiger partial charge in [0.2, 0.25) is 0 Å². The summed E-state index contributed by atoms with van der Waals surface area (Å²) in [5.41, 5.74) is 13.9. The van der Waals surface area contributed by atoms with Gasteiger partial charge in [0.05, 0.1) is 22.9 Å². The summed E-state index contributed by atoms with van der Waals surface area (Å²) in [5.74, 6) is 0. The second-order valence-corrected chi connectivity index (χ2v) is 14.5. The molecule has 0 amide bonds. The first kappa shape index (κ1) is 30.9. The van der Waals surface area contributed by atoms with Crippen molar-refractivity contribution < 1.29 is 8.83 Å². The third kappa shape index (κ3) is 4.66. The Balaban J connectivity index is 0.935. The van der Waals surface area contributed by atoms with Gasteiger partial charge in [-0.2, -0.15) is 0 Å². The van der Waals surface area contributed by atoms with Crippen LogP contribution in [0.15, 0.2) is 191 Å². The number of benzene rings is 9. The Labute approximate surface area is 320 Å². The molecule has 0 aliphatic rings. The zero-order valence-electron chi connectivity index (χ0n) is 30.0. The SMILES string of the molecule is c1cc(-c2ccc(-c3c4oc5ccccc5c4cc4oc5ccccc5c34)cc2)cc(-c2cccc(-c3cnc4c5ccccc5c5ccccc5c4n3)c2)c1. The zero-order chi connectivity index (χ0) is 36.7. The molecule has 9 aromatic carbocycles. The molecule has 3 aromatic heterocycles. The highest BCUT2D eigenvalue weighted by molar-refractivity contribution is 6.24. The second-order valence-electron chi connectivity index (χ2n) is 14.5. The highest BCUT2D eigenvalue weighted by atomic mass is 16.3. The summed E-state index contributed by atoms with van der Waals surface area (Å²) in [6, 6.07) is 61.7. The van der Waals surface area contributed by atoms with Crippen LogP contribution in [0.25, 0.3) is 121 Å². The molecule has 0 unspecified atom stereocenters. The summed E-state index contributed by atoms with van der Waals surface area (Å²) < 4.78 is 13.0. The fourth-order valence-corrected chi connectivity index (χ4v) is 8.67. The van der Waals surface area contributed by atoms with Crippen molar-refractivity contribution in [2.45, 2.75) is 0 Å². The number of aromatic nitrogens is 2. The lowest BCUT2D eigenvalue weighted by atomic mass is 9.94. The van der Waals surface area contributed by atoms with E-state index in [4.69, 9.17) is 18.8 Å². The van der Waals surface area contributed by atoms with Crippen molar-refractivity contribution in [3.05, 3.63) is 182 Å². The van der Waals surface area contributed by atoms with E-state index in [9.17, 15) is 0 Å². The van der Waals surface area contributed by atoms with Crippen LogP contribution >= 0.6 is 0 Å². The summed E-state index contributed by atoms with van der Waals surface area (Å²) in [6.07, 6.45) is 1.91. The molecule has 56 heavy (non-hydrogen) atoms. The number of rotatable bonds is 4. The number of fused-ring (bicyclic) bond motifs is 12. The van der Waals surface area contributed by atoms with E-state index < -0.39 is 0 Å². The number of para-hydroxylation sites is 2. The molecular weight excluding hydrogens is 685 g/mol. The molecule has 12 rings (SSSR count). The van der Waals surface area contributed by atoms with E-state index in [1.54, 1.807) is 0 Å². The molecule has 0 saturated carbocycles. The highest BCUT2D eigenvalue weighted by Crippen LogP contribution is 2.45. The van der Waals surface area contributed by atoms with Crippen molar-refractivity contribution >= 4 is 76.5 Å².